The zero-order chi connectivity index (χ0) is 8.97. The van der Waals surface area contributed by atoms with Crippen molar-refractivity contribution < 1.29 is 4.74 Å². The van der Waals surface area contributed by atoms with Gasteiger partial charge in [-0.05, 0) is 18.9 Å². The molecule has 4 heteroatoms. The van der Waals surface area contributed by atoms with Gasteiger partial charge in [0.2, 0.25) is 0 Å². The molecule has 1 aromatic rings. The lowest BCUT2D eigenvalue weighted by atomic mass is 10.3. The fraction of sp³-hybridized carbons (Fsp3) is 0.500. The monoisotopic (exact) mass is 184 g/mol. The highest BCUT2D eigenvalue weighted by Crippen LogP contribution is 2.06. The lowest BCUT2D eigenvalue weighted by Crippen LogP contribution is -2.05. The first-order valence-electron chi connectivity index (χ1n) is 3.88. The van der Waals surface area contributed by atoms with Gasteiger partial charge < -0.3 is 4.74 Å². The molecule has 0 amide bonds. The van der Waals surface area contributed by atoms with E-state index in [4.69, 9.17) is 4.74 Å². The van der Waals surface area contributed by atoms with Crippen molar-refractivity contribution in [3.8, 4) is 6.01 Å². The zero-order valence-corrected chi connectivity index (χ0v) is 8.08. The summed E-state index contributed by atoms with van der Waals surface area (Å²) in [6, 6.07) is 0.384. The molecule has 1 rings (SSSR count). The molecule has 0 unspecified atom stereocenters. The number of nitrogens with zero attached hydrogens (tertiary/aromatic N) is 2. The summed E-state index contributed by atoms with van der Waals surface area (Å²) in [6.45, 7) is 3.88. The predicted molar refractivity (Wildman–Crippen MR) is 50.5 cm³/mol. The molecule has 0 N–H and O–H groups in total. The number of rotatable bonds is 3. The highest BCUT2D eigenvalue weighted by Gasteiger charge is 1.99. The van der Waals surface area contributed by atoms with Crippen LogP contribution in [0.5, 0.6) is 6.01 Å². The van der Waals surface area contributed by atoms with E-state index in [1.807, 2.05) is 6.92 Å². The molecule has 1 heterocycles. The number of hydrogen-bond acceptors (Lipinski definition) is 4. The van der Waals surface area contributed by atoms with Crippen LogP contribution in [-0.4, -0.2) is 15.4 Å². The molecule has 1 atom stereocenters. The minimum absolute atomic E-state index is 0.169. The first-order chi connectivity index (χ1) is 5.72. The van der Waals surface area contributed by atoms with Crippen LogP contribution < -0.4 is 4.74 Å². The summed E-state index contributed by atoms with van der Waals surface area (Å²) in [5.41, 5.74) is 0.937. The Labute approximate surface area is 77.6 Å². The molecule has 0 aliphatic carbocycles. The summed E-state index contributed by atoms with van der Waals surface area (Å²) in [5.74, 6) is 0. The summed E-state index contributed by atoms with van der Waals surface area (Å²) < 4.78 is 5.16. The number of aryl methyl sites for hydroxylation is 1. The van der Waals surface area contributed by atoms with Gasteiger partial charge in [0.1, 0.15) is 5.44 Å². The van der Waals surface area contributed by atoms with Gasteiger partial charge >= 0.3 is 6.01 Å². The van der Waals surface area contributed by atoms with Crippen molar-refractivity contribution in [2.75, 3.05) is 0 Å². The van der Waals surface area contributed by atoms with Crippen LogP contribution in [0, 0.1) is 0 Å². The second kappa shape index (κ2) is 4.30. The predicted octanol–water partition coefficient (Wildman–Crippen LogP) is 1.69. The number of hydrogen-bond donors (Lipinski definition) is 1. The van der Waals surface area contributed by atoms with Crippen molar-refractivity contribution in [1.82, 2.24) is 9.97 Å². The van der Waals surface area contributed by atoms with Crippen molar-refractivity contribution in [3.63, 3.8) is 0 Å². The molecule has 0 aliphatic rings. The maximum atomic E-state index is 5.16. The van der Waals surface area contributed by atoms with Gasteiger partial charge in [-0.1, -0.05) is 6.92 Å². The van der Waals surface area contributed by atoms with E-state index in [-0.39, 0.29) is 5.44 Å². The highest BCUT2D eigenvalue weighted by molar-refractivity contribution is 7.80. The van der Waals surface area contributed by atoms with E-state index in [9.17, 15) is 0 Å². The largest absolute Gasteiger partial charge is 0.450 e. The van der Waals surface area contributed by atoms with E-state index >= 15 is 0 Å². The first kappa shape index (κ1) is 9.32. The summed E-state index contributed by atoms with van der Waals surface area (Å²) in [6.07, 6.45) is 4.47. The third-order valence-electron chi connectivity index (χ3n) is 1.37. The Hall–Kier alpha value is -0.770. The molecule has 0 spiro atoms. The average Bonchev–Trinajstić information content (AvgIpc) is 2.05. The van der Waals surface area contributed by atoms with Gasteiger partial charge in [-0.25, -0.2) is 9.97 Å². The minimum atomic E-state index is -0.169. The molecule has 3 nitrogen and oxygen atoms in total. The molecule has 1 aromatic heterocycles. The van der Waals surface area contributed by atoms with E-state index in [2.05, 4.69) is 29.5 Å². The average molecular weight is 184 g/mol. The van der Waals surface area contributed by atoms with Gasteiger partial charge in [0.15, 0.2) is 0 Å². The molecular weight excluding hydrogens is 172 g/mol. The summed E-state index contributed by atoms with van der Waals surface area (Å²) in [7, 11) is 0. The van der Waals surface area contributed by atoms with Gasteiger partial charge in [-0.3, -0.25) is 0 Å². The molecule has 0 aliphatic heterocycles. The van der Waals surface area contributed by atoms with Crippen molar-refractivity contribution in [3.05, 3.63) is 18.0 Å². The standard InChI is InChI=1S/C8H12N2OS/c1-3-7-4-9-8(10-5-7)11-6(2)12/h4-6,12H,3H2,1-2H3/t6-/m0/s1. The maximum Gasteiger partial charge on any atom is 0.317 e. The fourth-order valence-corrected chi connectivity index (χ4v) is 0.833. The van der Waals surface area contributed by atoms with Crippen LogP contribution in [0.1, 0.15) is 19.4 Å². The Kier molecular flexibility index (Phi) is 3.34. The Morgan fingerprint density at radius 3 is 2.50 bits per heavy atom. The van der Waals surface area contributed by atoms with Crippen molar-refractivity contribution in [1.29, 1.82) is 0 Å². The van der Waals surface area contributed by atoms with Gasteiger partial charge in [-0.2, -0.15) is 0 Å². The molecule has 0 bridgehead atoms. The van der Waals surface area contributed by atoms with Crippen molar-refractivity contribution in [2.45, 2.75) is 25.7 Å². The van der Waals surface area contributed by atoms with Gasteiger partial charge in [0.25, 0.3) is 0 Å². The first-order valence-corrected chi connectivity index (χ1v) is 4.39. The molecule has 12 heavy (non-hydrogen) atoms. The van der Waals surface area contributed by atoms with Crippen LogP contribution in [-0.2, 0) is 6.42 Å². The SMILES string of the molecule is CCc1cnc(O[C@H](C)S)nc1. The van der Waals surface area contributed by atoms with Crippen molar-refractivity contribution in [2.24, 2.45) is 0 Å². The second-order valence-corrected chi connectivity index (χ2v) is 3.17. The zero-order valence-electron chi connectivity index (χ0n) is 7.19. The van der Waals surface area contributed by atoms with E-state index < -0.39 is 0 Å². The van der Waals surface area contributed by atoms with Crippen LogP contribution in [0.4, 0.5) is 0 Å². The Morgan fingerprint density at radius 2 is 2.08 bits per heavy atom. The van der Waals surface area contributed by atoms with E-state index in [1.54, 1.807) is 12.4 Å². The van der Waals surface area contributed by atoms with Gasteiger partial charge in [-0.15, -0.1) is 12.6 Å². The van der Waals surface area contributed by atoms with Crippen LogP contribution in [0.3, 0.4) is 0 Å². The Morgan fingerprint density at radius 1 is 1.50 bits per heavy atom. The van der Waals surface area contributed by atoms with E-state index in [0.717, 1.165) is 12.0 Å². The summed E-state index contributed by atoms with van der Waals surface area (Å²) in [5, 5.41) is 0. The normalized spacial score (nSPS) is 12.6. The Bertz CT molecular complexity index is 235. The van der Waals surface area contributed by atoms with E-state index in [1.165, 1.54) is 0 Å². The maximum absolute atomic E-state index is 5.16. The van der Waals surface area contributed by atoms with Gasteiger partial charge in [0, 0.05) is 12.4 Å². The number of thiol groups is 1. The van der Waals surface area contributed by atoms with E-state index in [0.29, 0.717) is 6.01 Å². The fourth-order valence-electron chi connectivity index (χ4n) is 0.739. The molecule has 0 saturated carbocycles. The summed E-state index contributed by atoms with van der Waals surface area (Å²) in [4.78, 5) is 8.01. The third kappa shape index (κ3) is 2.70. The molecule has 0 fully saturated rings. The van der Waals surface area contributed by atoms with Crippen LogP contribution in [0.2, 0.25) is 0 Å². The lowest BCUT2D eigenvalue weighted by Gasteiger charge is -2.05. The topological polar surface area (TPSA) is 35.0 Å². The van der Waals surface area contributed by atoms with Gasteiger partial charge in [0.05, 0.1) is 0 Å². The number of ether oxygens (including phenoxy) is 1. The molecule has 0 radical (unpaired) electrons. The quantitative estimate of drug-likeness (QED) is 0.573. The van der Waals surface area contributed by atoms with Crippen molar-refractivity contribution >= 4 is 12.6 Å². The molecule has 66 valence electrons. The minimum Gasteiger partial charge on any atom is -0.450 e. The smallest absolute Gasteiger partial charge is 0.317 e. The Balaban J connectivity index is 2.65. The highest BCUT2D eigenvalue weighted by atomic mass is 32.1. The second-order valence-electron chi connectivity index (χ2n) is 2.44. The molecular formula is C8H12N2OS. The third-order valence-corrected chi connectivity index (χ3v) is 1.47. The van der Waals surface area contributed by atoms with Crippen LogP contribution >= 0.6 is 12.6 Å². The molecule has 0 aromatic carbocycles. The number of aromatic nitrogens is 2. The lowest BCUT2D eigenvalue weighted by molar-refractivity contribution is 0.284. The van der Waals surface area contributed by atoms with Crippen LogP contribution in [0.15, 0.2) is 12.4 Å². The summed E-state index contributed by atoms with van der Waals surface area (Å²) >= 11 is 4.06. The molecule has 0 saturated heterocycles. The van der Waals surface area contributed by atoms with Crippen LogP contribution in [0.25, 0.3) is 0 Å².